The highest BCUT2D eigenvalue weighted by atomic mass is 16.5. The van der Waals surface area contributed by atoms with Gasteiger partial charge in [0.1, 0.15) is 6.10 Å². The van der Waals surface area contributed by atoms with E-state index in [1.807, 2.05) is 11.8 Å². The van der Waals surface area contributed by atoms with Crippen molar-refractivity contribution in [1.82, 2.24) is 15.2 Å². The first kappa shape index (κ1) is 16.4. The monoisotopic (exact) mass is 305 g/mol. The number of rotatable bonds is 5. The van der Waals surface area contributed by atoms with E-state index in [9.17, 15) is 9.59 Å². The number of hydrogen-bond donors (Lipinski definition) is 1. The van der Waals surface area contributed by atoms with Crippen LogP contribution >= 0.6 is 0 Å². The van der Waals surface area contributed by atoms with Crippen LogP contribution in [-0.4, -0.2) is 53.5 Å². The molecule has 1 aromatic rings. The van der Waals surface area contributed by atoms with Gasteiger partial charge in [-0.25, -0.2) is 0 Å². The van der Waals surface area contributed by atoms with E-state index in [0.29, 0.717) is 25.3 Å². The number of aromatic nitrogens is 1. The number of piperidine rings is 1. The molecule has 0 radical (unpaired) electrons. The lowest BCUT2D eigenvalue weighted by Gasteiger charge is -2.33. The number of ether oxygens (including phenoxy) is 1. The fraction of sp³-hybridized carbons (Fsp3) is 0.562. The fourth-order valence-electron chi connectivity index (χ4n) is 2.55. The van der Waals surface area contributed by atoms with Gasteiger partial charge in [0.15, 0.2) is 0 Å². The Morgan fingerprint density at radius 2 is 2.00 bits per heavy atom. The average molecular weight is 305 g/mol. The van der Waals surface area contributed by atoms with Crippen molar-refractivity contribution in [1.29, 1.82) is 0 Å². The Kier molecular flexibility index (Phi) is 5.89. The molecule has 1 atom stereocenters. The van der Waals surface area contributed by atoms with Crippen LogP contribution in [0.1, 0.15) is 37.0 Å². The third-order valence-electron chi connectivity index (χ3n) is 3.84. The molecular formula is C16H23N3O3. The maximum atomic E-state index is 12.3. The van der Waals surface area contributed by atoms with Crippen molar-refractivity contribution in [2.75, 3.05) is 19.7 Å². The van der Waals surface area contributed by atoms with Crippen molar-refractivity contribution in [2.24, 2.45) is 0 Å². The van der Waals surface area contributed by atoms with Gasteiger partial charge >= 0.3 is 0 Å². The Balaban J connectivity index is 1.81. The van der Waals surface area contributed by atoms with E-state index >= 15 is 0 Å². The second-order valence-corrected chi connectivity index (χ2v) is 5.41. The van der Waals surface area contributed by atoms with Gasteiger partial charge in [0, 0.05) is 43.7 Å². The molecule has 120 valence electrons. The minimum Gasteiger partial charge on any atom is -0.369 e. The number of likely N-dealkylation sites (tertiary alicyclic amines) is 1. The summed E-state index contributed by atoms with van der Waals surface area (Å²) in [7, 11) is 0. The lowest BCUT2D eigenvalue weighted by Crippen LogP contribution is -2.48. The van der Waals surface area contributed by atoms with Crippen molar-refractivity contribution >= 4 is 11.8 Å². The third kappa shape index (κ3) is 4.27. The molecule has 0 aromatic carbocycles. The van der Waals surface area contributed by atoms with Crippen LogP contribution < -0.4 is 5.32 Å². The summed E-state index contributed by atoms with van der Waals surface area (Å²) in [5, 5.41) is 2.99. The van der Waals surface area contributed by atoms with Gasteiger partial charge in [-0.3, -0.25) is 14.6 Å². The van der Waals surface area contributed by atoms with E-state index in [1.54, 1.807) is 31.5 Å². The molecule has 1 saturated heterocycles. The van der Waals surface area contributed by atoms with Crippen LogP contribution in [0.2, 0.25) is 0 Å². The topological polar surface area (TPSA) is 71.5 Å². The summed E-state index contributed by atoms with van der Waals surface area (Å²) in [5.74, 6) is -0.0596. The molecule has 1 aliphatic heterocycles. The van der Waals surface area contributed by atoms with Gasteiger partial charge < -0.3 is 15.0 Å². The molecule has 0 spiro atoms. The Morgan fingerprint density at radius 3 is 2.59 bits per heavy atom. The molecule has 2 rings (SSSR count). The summed E-state index contributed by atoms with van der Waals surface area (Å²) in [5.41, 5.74) is 0.655. The van der Waals surface area contributed by atoms with Gasteiger partial charge in [-0.1, -0.05) is 0 Å². The molecule has 1 aromatic heterocycles. The summed E-state index contributed by atoms with van der Waals surface area (Å²) in [6, 6.07) is 3.55. The molecule has 0 saturated carbocycles. The molecule has 1 aliphatic rings. The summed E-state index contributed by atoms with van der Waals surface area (Å²) in [6.45, 7) is 5.44. The maximum Gasteiger partial charge on any atom is 0.253 e. The van der Waals surface area contributed by atoms with Crippen LogP contribution in [0.3, 0.4) is 0 Å². The number of nitrogens with one attached hydrogen (secondary N) is 1. The standard InChI is InChI=1S/C16H23N3O3/c1-3-22-12(2)15(20)18-14-6-10-19(11-7-14)16(21)13-4-8-17-9-5-13/h4-5,8-9,12,14H,3,6-7,10-11H2,1-2H3,(H,18,20)/t12-/m1/s1. The van der Waals surface area contributed by atoms with Gasteiger partial charge in [0.25, 0.3) is 5.91 Å². The minimum atomic E-state index is -0.429. The quantitative estimate of drug-likeness (QED) is 0.888. The zero-order valence-electron chi connectivity index (χ0n) is 13.1. The molecule has 0 unspecified atom stereocenters. The molecule has 1 N–H and O–H groups in total. The molecule has 2 amide bonds. The highest BCUT2D eigenvalue weighted by Gasteiger charge is 2.25. The predicted molar refractivity (Wildman–Crippen MR) is 82.4 cm³/mol. The number of nitrogens with zero attached hydrogens (tertiary/aromatic N) is 2. The van der Waals surface area contributed by atoms with Gasteiger partial charge in [0.05, 0.1) is 0 Å². The predicted octanol–water partition coefficient (Wildman–Crippen LogP) is 1.23. The minimum absolute atomic E-state index is 0.0230. The summed E-state index contributed by atoms with van der Waals surface area (Å²) < 4.78 is 5.28. The van der Waals surface area contributed by atoms with Crippen molar-refractivity contribution in [3.05, 3.63) is 30.1 Å². The molecule has 1 fully saturated rings. The normalized spacial score (nSPS) is 17.1. The van der Waals surface area contributed by atoms with Crippen LogP contribution in [0.25, 0.3) is 0 Å². The number of amides is 2. The largest absolute Gasteiger partial charge is 0.369 e. The van der Waals surface area contributed by atoms with E-state index in [0.717, 1.165) is 12.8 Å². The third-order valence-corrected chi connectivity index (χ3v) is 3.84. The van der Waals surface area contributed by atoms with E-state index in [4.69, 9.17) is 4.74 Å². The maximum absolute atomic E-state index is 12.3. The molecule has 22 heavy (non-hydrogen) atoms. The Hall–Kier alpha value is -1.95. The Morgan fingerprint density at radius 1 is 1.36 bits per heavy atom. The SMILES string of the molecule is CCO[C@H](C)C(=O)NC1CCN(C(=O)c2ccncc2)CC1. The van der Waals surface area contributed by atoms with Crippen molar-refractivity contribution in [2.45, 2.75) is 38.8 Å². The van der Waals surface area contributed by atoms with Crippen molar-refractivity contribution in [3.63, 3.8) is 0 Å². The molecule has 0 aliphatic carbocycles. The number of hydrogen-bond acceptors (Lipinski definition) is 4. The van der Waals surface area contributed by atoms with Gasteiger partial charge in [0.2, 0.25) is 5.91 Å². The highest BCUT2D eigenvalue weighted by Crippen LogP contribution is 2.14. The van der Waals surface area contributed by atoms with Crippen LogP contribution in [0.5, 0.6) is 0 Å². The van der Waals surface area contributed by atoms with Gasteiger partial charge in [-0.05, 0) is 38.8 Å². The van der Waals surface area contributed by atoms with E-state index in [1.165, 1.54) is 0 Å². The van der Waals surface area contributed by atoms with Crippen LogP contribution in [-0.2, 0) is 9.53 Å². The van der Waals surface area contributed by atoms with Crippen LogP contribution in [0, 0.1) is 0 Å². The number of carbonyl (C=O) groups is 2. The summed E-state index contributed by atoms with van der Waals surface area (Å²) >= 11 is 0. The first-order chi connectivity index (χ1) is 10.6. The Labute approximate surface area is 130 Å². The van der Waals surface area contributed by atoms with E-state index in [2.05, 4.69) is 10.3 Å². The smallest absolute Gasteiger partial charge is 0.253 e. The highest BCUT2D eigenvalue weighted by molar-refractivity contribution is 5.94. The zero-order valence-corrected chi connectivity index (χ0v) is 13.1. The van der Waals surface area contributed by atoms with Gasteiger partial charge in [-0.15, -0.1) is 0 Å². The molecule has 6 heteroatoms. The second kappa shape index (κ2) is 7.89. The van der Waals surface area contributed by atoms with E-state index in [-0.39, 0.29) is 17.9 Å². The molecule has 0 bridgehead atoms. The summed E-state index contributed by atoms with van der Waals surface area (Å²) in [6.07, 6.45) is 4.34. The van der Waals surface area contributed by atoms with Crippen LogP contribution in [0.15, 0.2) is 24.5 Å². The molecule has 2 heterocycles. The summed E-state index contributed by atoms with van der Waals surface area (Å²) in [4.78, 5) is 30.0. The Bertz CT molecular complexity index is 499. The lowest BCUT2D eigenvalue weighted by molar-refractivity contribution is -0.132. The van der Waals surface area contributed by atoms with Gasteiger partial charge in [-0.2, -0.15) is 0 Å². The average Bonchev–Trinajstić information content (AvgIpc) is 2.56. The molecule has 6 nitrogen and oxygen atoms in total. The lowest BCUT2D eigenvalue weighted by atomic mass is 10.0. The first-order valence-electron chi connectivity index (χ1n) is 7.73. The number of pyridine rings is 1. The first-order valence-corrected chi connectivity index (χ1v) is 7.73. The zero-order chi connectivity index (χ0) is 15.9. The van der Waals surface area contributed by atoms with Crippen LogP contribution in [0.4, 0.5) is 0 Å². The van der Waals surface area contributed by atoms with Crippen molar-refractivity contribution in [3.8, 4) is 0 Å². The van der Waals surface area contributed by atoms with E-state index < -0.39 is 6.10 Å². The second-order valence-electron chi connectivity index (χ2n) is 5.41. The number of carbonyl (C=O) groups excluding carboxylic acids is 2. The van der Waals surface area contributed by atoms with Crippen molar-refractivity contribution < 1.29 is 14.3 Å². The fourth-order valence-corrected chi connectivity index (χ4v) is 2.55. The molecular weight excluding hydrogens is 282 g/mol.